The normalized spacial score (nSPS) is 22.0. The molecule has 1 aromatic heterocycles. The van der Waals surface area contributed by atoms with Gasteiger partial charge in [0.1, 0.15) is 5.82 Å². The zero-order valence-electron chi connectivity index (χ0n) is 11.5. The fourth-order valence-electron chi connectivity index (χ4n) is 2.79. The van der Waals surface area contributed by atoms with Gasteiger partial charge in [0.2, 0.25) is 0 Å². The number of nitrogens with zero attached hydrogens (tertiary/aromatic N) is 2. The van der Waals surface area contributed by atoms with Crippen molar-refractivity contribution in [2.24, 2.45) is 0 Å². The van der Waals surface area contributed by atoms with Crippen LogP contribution in [0, 0.1) is 0 Å². The number of aromatic nitrogens is 1. The summed E-state index contributed by atoms with van der Waals surface area (Å²) in [6.07, 6.45) is 0.351. The molecule has 2 heterocycles. The van der Waals surface area contributed by atoms with Crippen LogP contribution in [0.25, 0.3) is 10.9 Å². The summed E-state index contributed by atoms with van der Waals surface area (Å²) in [5.74, 6) is -0.324. The van der Waals surface area contributed by atoms with E-state index in [1.807, 2.05) is 11.8 Å². The number of carboxylic acid groups (broad SMARTS) is 1. The van der Waals surface area contributed by atoms with E-state index in [4.69, 9.17) is 11.6 Å². The summed E-state index contributed by atoms with van der Waals surface area (Å²) in [6.45, 7) is 2.69. The molecule has 0 bridgehead atoms. The number of rotatable bonds is 2. The van der Waals surface area contributed by atoms with Crippen molar-refractivity contribution >= 4 is 34.3 Å². The van der Waals surface area contributed by atoms with E-state index in [0.717, 1.165) is 12.4 Å². The van der Waals surface area contributed by atoms with Gasteiger partial charge in [-0.15, -0.1) is 0 Å². The number of aliphatic hydroxyl groups excluding tert-OH is 1. The standard InChI is InChI=1S/C15H15ClN2O3/c1-8-12(19)6-7-18(8)13-5-2-9-11(17-13)4-3-10(16)14(9)15(20)21/h2-5,8,12,19H,6-7H2,1H3,(H,20,21). The van der Waals surface area contributed by atoms with E-state index in [1.165, 1.54) is 0 Å². The maximum Gasteiger partial charge on any atom is 0.337 e. The summed E-state index contributed by atoms with van der Waals surface area (Å²) >= 11 is 5.96. The third-order valence-electron chi connectivity index (χ3n) is 4.03. The van der Waals surface area contributed by atoms with Crippen LogP contribution in [0.4, 0.5) is 5.82 Å². The quantitative estimate of drug-likeness (QED) is 0.892. The average molecular weight is 307 g/mol. The largest absolute Gasteiger partial charge is 0.478 e. The van der Waals surface area contributed by atoms with E-state index in [1.54, 1.807) is 24.3 Å². The summed E-state index contributed by atoms with van der Waals surface area (Å²) in [7, 11) is 0. The van der Waals surface area contributed by atoms with Gasteiger partial charge in [-0.25, -0.2) is 9.78 Å². The van der Waals surface area contributed by atoms with Crippen molar-refractivity contribution in [3.63, 3.8) is 0 Å². The molecule has 1 aromatic carbocycles. The topological polar surface area (TPSA) is 73.7 Å². The van der Waals surface area contributed by atoms with Crippen LogP contribution < -0.4 is 4.90 Å². The highest BCUT2D eigenvalue weighted by Gasteiger charge is 2.30. The van der Waals surface area contributed by atoms with Crippen molar-refractivity contribution < 1.29 is 15.0 Å². The van der Waals surface area contributed by atoms with Gasteiger partial charge < -0.3 is 15.1 Å². The Morgan fingerprint density at radius 3 is 2.76 bits per heavy atom. The molecule has 1 fully saturated rings. The second-order valence-corrected chi connectivity index (χ2v) is 5.66. The number of hydrogen-bond acceptors (Lipinski definition) is 4. The highest BCUT2D eigenvalue weighted by atomic mass is 35.5. The van der Waals surface area contributed by atoms with Crippen molar-refractivity contribution in [2.45, 2.75) is 25.5 Å². The number of pyridine rings is 1. The Balaban J connectivity index is 2.10. The van der Waals surface area contributed by atoms with Crippen molar-refractivity contribution in [3.05, 3.63) is 34.9 Å². The zero-order valence-corrected chi connectivity index (χ0v) is 12.2. The maximum absolute atomic E-state index is 11.3. The highest BCUT2D eigenvalue weighted by Crippen LogP contribution is 2.29. The number of carboxylic acids is 1. The average Bonchev–Trinajstić information content (AvgIpc) is 2.78. The second-order valence-electron chi connectivity index (χ2n) is 5.25. The molecule has 110 valence electrons. The molecule has 5 nitrogen and oxygen atoms in total. The molecule has 3 rings (SSSR count). The first-order chi connectivity index (χ1) is 9.99. The van der Waals surface area contributed by atoms with Crippen molar-refractivity contribution in [2.75, 3.05) is 11.4 Å². The van der Waals surface area contributed by atoms with Gasteiger partial charge >= 0.3 is 5.97 Å². The molecule has 2 atom stereocenters. The fraction of sp³-hybridized carbons (Fsp3) is 0.333. The van der Waals surface area contributed by atoms with Crippen molar-refractivity contribution in [1.82, 2.24) is 4.98 Å². The third kappa shape index (κ3) is 2.32. The molecule has 0 amide bonds. The van der Waals surface area contributed by atoms with Gasteiger partial charge in [0.05, 0.1) is 28.2 Å². The van der Waals surface area contributed by atoms with Crippen LogP contribution in [0.3, 0.4) is 0 Å². The third-order valence-corrected chi connectivity index (χ3v) is 4.34. The number of carbonyl (C=O) groups is 1. The molecule has 2 N–H and O–H groups in total. The van der Waals surface area contributed by atoms with Crippen LogP contribution in [-0.4, -0.2) is 39.9 Å². The fourth-order valence-corrected chi connectivity index (χ4v) is 3.04. The summed E-state index contributed by atoms with van der Waals surface area (Å²) in [5, 5.41) is 19.8. The Morgan fingerprint density at radius 1 is 1.38 bits per heavy atom. The van der Waals surface area contributed by atoms with Crippen LogP contribution >= 0.6 is 11.6 Å². The lowest BCUT2D eigenvalue weighted by Gasteiger charge is -2.24. The molecule has 6 heteroatoms. The van der Waals surface area contributed by atoms with E-state index in [-0.39, 0.29) is 22.7 Å². The zero-order chi connectivity index (χ0) is 15.1. The lowest BCUT2D eigenvalue weighted by atomic mass is 10.1. The molecule has 2 aromatic rings. The van der Waals surface area contributed by atoms with Gasteiger partial charge in [-0.1, -0.05) is 11.6 Å². The summed E-state index contributed by atoms with van der Waals surface area (Å²) in [6, 6.07) is 6.77. The van der Waals surface area contributed by atoms with E-state index >= 15 is 0 Å². The van der Waals surface area contributed by atoms with E-state index in [0.29, 0.717) is 17.3 Å². The van der Waals surface area contributed by atoms with Crippen LogP contribution in [0.15, 0.2) is 24.3 Å². The minimum atomic E-state index is -1.06. The minimum Gasteiger partial charge on any atom is -0.478 e. The summed E-state index contributed by atoms with van der Waals surface area (Å²) in [4.78, 5) is 17.9. The summed E-state index contributed by atoms with van der Waals surface area (Å²) in [5.41, 5.74) is 0.658. The molecular weight excluding hydrogens is 292 g/mol. The lowest BCUT2D eigenvalue weighted by Crippen LogP contribution is -2.32. The Bertz CT molecular complexity index is 719. The van der Waals surface area contributed by atoms with Crippen LogP contribution in [0.5, 0.6) is 0 Å². The van der Waals surface area contributed by atoms with Gasteiger partial charge in [-0.05, 0) is 37.6 Å². The molecule has 21 heavy (non-hydrogen) atoms. The smallest absolute Gasteiger partial charge is 0.337 e. The number of aliphatic hydroxyl groups is 1. The van der Waals surface area contributed by atoms with Gasteiger partial charge in [0.25, 0.3) is 0 Å². The number of halogens is 1. The predicted molar refractivity (Wildman–Crippen MR) is 81.1 cm³/mol. The van der Waals surface area contributed by atoms with Gasteiger partial charge in [0, 0.05) is 11.9 Å². The lowest BCUT2D eigenvalue weighted by molar-refractivity contribution is 0.0699. The van der Waals surface area contributed by atoms with Crippen LogP contribution in [-0.2, 0) is 0 Å². The monoisotopic (exact) mass is 306 g/mol. The molecule has 1 aliphatic rings. The molecular formula is C15H15ClN2O3. The van der Waals surface area contributed by atoms with Gasteiger partial charge in [-0.2, -0.15) is 0 Å². The van der Waals surface area contributed by atoms with E-state index in [9.17, 15) is 15.0 Å². The first kappa shape index (κ1) is 14.1. The molecule has 0 radical (unpaired) electrons. The number of benzene rings is 1. The van der Waals surface area contributed by atoms with Gasteiger partial charge in [0.15, 0.2) is 0 Å². The van der Waals surface area contributed by atoms with Crippen LogP contribution in [0.1, 0.15) is 23.7 Å². The molecule has 0 spiro atoms. The van der Waals surface area contributed by atoms with Crippen LogP contribution in [0.2, 0.25) is 5.02 Å². The number of fused-ring (bicyclic) bond motifs is 1. The summed E-state index contributed by atoms with van der Waals surface area (Å²) < 4.78 is 0. The van der Waals surface area contributed by atoms with Crippen molar-refractivity contribution in [3.8, 4) is 0 Å². The number of anilines is 1. The Kier molecular flexibility index (Phi) is 3.47. The van der Waals surface area contributed by atoms with E-state index < -0.39 is 5.97 Å². The molecule has 1 saturated heterocycles. The Morgan fingerprint density at radius 2 is 2.14 bits per heavy atom. The van der Waals surface area contributed by atoms with Gasteiger partial charge in [-0.3, -0.25) is 0 Å². The highest BCUT2D eigenvalue weighted by molar-refractivity contribution is 6.35. The first-order valence-electron chi connectivity index (χ1n) is 6.76. The molecule has 0 saturated carbocycles. The Hall–Kier alpha value is -1.85. The number of hydrogen-bond donors (Lipinski definition) is 2. The number of aromatic carboxylic acids is 1. The predicted octanol–water partition coefficient (Wildman–Crippen LogP) is 2.55. The molecule has 0 aliphatic carbocycles. The minimum absolute atomic E-state index is 0.00111. The maximum atomic E-state index is 11.3. The molecule has 2 unspecified atom stereocenters. The molecule has 1 aliphatic heterocycles. The first-order valence-corrected chi connectivity index (χ1v) is 7.14. The SMILES string of the molecule is CC1C(O)CCN1c1ccc2c(C(=O)O)c(Cl)ccc2n1. The van der Waals surface area contributed by atoms with E-state index in [2.05, 4.69) is 4.98 Å². The van der Waals surface area contributed by atoms with Crippen molar-refractivity contribution in [1.29, 1.82) is 0 Å². The second kappa shape index (κ2) is 5.16. The Labute approximate surface area is 126 Å².